The third-order valence-electron chi connectivity index (χ3n) is 2.16. The van der Waals surface area contributed by atoms with E-state index in [0.717, 1.165) is 24.5 Å². The number of benzene rings is 1. The molecule has 0 fully saturated rings. The van der Waals surface area contributed by atoms with Crippen molar-refractivity contribution in [1.82, 2.24) is 5.32 Å². The van der Waals surface area contributed by atoms with Gasteiger partial charge in [0.25, 0.3) is 5.91 Å². The summed E-state index contributed by atoms with van der Waals surface area (Å²) < 4.78 is 47.1. The van der Waals surface area contributed by atoms with Crippen LogP contribution < -0.4 is 5.32 Å². The average Bonchev–Trinajstić information content (AvgIpc) is 2.26. The fourth-order valence-corrected chi connectivity index (χ4v) is 1.94. The molecule has 0 saturated heterocycles. The molecular weight excluding hydrogens is 264 g/mol. The van der Waals surface area contributed by atoms with Gasteiger partial charge in [-0.1, -0.05) is 0 Å². The second-order valence-electron chi connectivity index (χ2n) is 3.87. The largest absolute Gasteiger partial charge is 0.352 e. The summed E-state index contributed by atoms with van der Waals surface area (Å²) >= 11 is 0. The van der Waals surface area contributed by atoms with Crippen LogP contribution in [0.4, 0.5) is 8.78 Å². The lowest BCUT2D eigenvalue weighted by Crippen LogP contribution is -2.26. The van der Waals surface area contributed by atoms with E-state index in [2.05, 4.69) is 5.32 Å². The molecule has 0 spiro atoms. The van der Waals surface area contributed by atoms with E-state index in [1.165, 1.54) is 0 Å². The van der Waals surface area contributed by atoms with Crippen molar-refractivity contribution in [1.29, 1.82) is 0 Å². The molecule has 0 bridgehead atoms. The molecule has 1 amide bonds. The van der Waals surface area contributed by atoms with E-state index in [0.29, 0.717) is 0 Å². The van der Waals surface area contributed by atoms with Crippen molar-refractivity contribution in [3.63, 3.8) is 0 Å². The third kappa shape index (κ3) is 4.79. The molecule has 100 valence electrons. The number of hydrogen-bond donors (Lipinski definition) is 1. The van der Waals surface area contributed by atoms with Crippen molar-refractivity contribution in [3.8, 4) is 0 Å². The second-order valence-corrected chi connectivity index (χ2v) is 6.13. The van der Waals surface area contributed by atoms with E-state index in [-0.39, 0.29) is 24.3 Å². The molecule has 7 heteroatoms. The Hall–Kier alpha value is -1.50. The minimum absolute atomic E-state index is 0.00624. The monoisotopic (exact) mass is 277 g/mol. The van der Waals surface area contributed by atoms with Crippen LogP contribution >= 0.6 is 0 Å². The SMILES string of the molecule is CS(=O)(=O)CCCNC(=O)c1ccc(F)c(F)c1. The van der Waals surface area contributed by atoms with Gasteiger partial charge < -0.3 is 5.32 Å². The summed E-state index contributed by atoms with van der Waals surface area (Å²) in [5.74, 6) is -2.73. The van der Waals surface area contributed by atoms with Crippen LogP contribution in [0.15, 0.2) is 18.2 Å². The second kappa shape index (κ2) is 5.90. The van der Waals surface area contributed by atoms with Crippen molar-refractivity contribution in [3.05, 3.63) is 35.4 Å². The van der Waals surface area contributed by atoms with Crippen LogP contribution in [0, 0.1) is 11.6 Å². The van der Waals surface area contributed by atoms with Gasteiger partial charge in [0, 0.05) is 18.4 Å². The zero-order valence-corrected chi connectivity index (χ0v) is 10.6. The van der Waals surface area contributed by atoms with Gasteiger partial charge in [0.1, 0.15) is 9.84 Å². The zero-order valence-electron chi connectivity index (χ0n) is 9.74. The lowest BCUT2D eigenvalue weighted by Gasteiger charge is -2.05. The predicted octanol–water partition coefficient (Wildman–Crippen LogP) is 1.13. The van der Waals surface area contributed by atoms with Gasteiger partial charge in [0.2, 0.25) is 0 Å². The van der Waals surface area contributed by atoms with E-state index in [1.807, 2.05) is 0 Å². The van der Waals surface area contributed by atoms with Gasteiger partial charge in [-0.3, -0.25) is 4.79 Å². The lowest BCUT2D eigenvalue weighted by atomic mass is 10.2. The summed E-state index contributed by atoms with van der Waals surface area (Å²) in [5.41, 5.74) is -0.00624. The van der Waals surface area contributed by atoms with E-state index in [9.17, 15) is 22.0 Å². The van der Waals surface area contributed by atoms with Crippen LogP contribution in [0.1, 0.15) is 16.8 Å². The Morgan fingerprint density at radius 1 is 1.28 bits per heavy atom. The molecule has 4 nitrogen and oxygen atoms in total. The molecule has 1 rings (SSSR count). The Bertz CT molecular complexity index is 543. The highest BCUT2D eigenvalue weighted by atomic mass is 32.2. The van der Waals surface area contributed by atoms with Crippen LogP contribution in [0.3, 0.4) is 0 Å². The number of hydrogen-bond acceptors (Lipinski definition) is 3. The minimum Gasteiger partial charge on any atom is -0.352 e. The van der Waals surface area contributed by atoms with Gasteiger partial charge in [-0.05, 0) is 24.6 Å². The molecule has 0 atom stereocenters. The number of halogens is 2. The van der Waals surface area contributed by atoms with E-state index in [4.69, 9.17) is 0 Å². The van der Waals surface area contributed by atoms with Crippen molar-refractivity contribution in [2.24, 2.45) is 0 Å². The number of rotatable bonds is 5. The highest BCUT2D eigenvalue weighted by Gasteiger charge is 2.09. The van der Waals surface area contributed by atoms with Crippen molar-refractivity contribution in [2.75, 3.05) is 18.6 Å². The summed E-state index contributed by atoms with van der Waals surface area (Å²) in [5, 5.41) is 2.43. The first-order chi connectivity index (χ1) is 8.29. The summed E-state index contributed by atoms with van der Waals surface area (Å²) in [4.78, 5) is 11.5. The maximum atomic E-state index is 12.8. The Balaban J connectivity index is 2.48. The van der Waals surface area contributed by atoms with Gasteiger partial charge in [0.15, 0.2) is 11.6 Å². The Kier molecular flexibility index (Phi) is 4.77. The molecule has 0 saturated carbocycles. The predicted molar refractivity (Wildman–Crippen MR) is 63.0 cm³/mol. The number of amides is 1. The topological polar surface area (TPSA) is 63.2 Å². The molecule has 0 aromatic heterocycles. The fourth-order valence-electron chi connectivity index (χ4n) is 1.28. The summed E-state index contributed by atoms with van der Waals surface area (Å²) in [6.45, 7) is 0.158. The number of carbonyl (C=O) groups is 1. The first kappa shape index (κ1) is 14.6. The van der Waals surface area contributed by atoms with Gasteiger partial charge >= 0.3 is 0 Å². The molecule has 0 heterocycles. The van der Waals surface area contributed by atoms with Gasteiger partial charge in [0.05, 0.1) is 5.75 Å². The molecule has 1 aromatic carbocycles. The van der Waals surface area contributed by atoms with Gasteiger partial charge in [-0.2, -0.15) is 0 Å². The molecule has 0 unspecified atom stereocenters. The molecular formula is C11H13F2NO3S. The smallest absolute Gasteiger partial charge is 0.251 e. The zero-order chi connectivity index (χ0) is 13.8. The van der Waals surface area contributed by atoms with E-state index < -0.39 is 27.4 Å². The number of sulfone groups is 1. The van der Waals surface area contributed by atoms with Crippen molar-refractivity contribution in [2.45, 2.75) is 6.42 Å². The number of nitrogens with one attached hydrogen (secondary N) is 1. The van der Waals surface area contributed by atoms with Gasteiger partial charge in [-0.25, -0.2) is 17.2 Å². The Morgan fingerprint density at radius 3 is 2.50 bits per heavy atom. The normalized spacial score (nSPS) is 11.3. The summed E-state index contributed by atoms with van der Waals surface area (Å²) in [6.07, 6.45) is 1.37. The average molecular weight is 277 g/mol. The van der Waals surface area contributed by atoms with Crippen LogP contribution in [0.2, 0.25) is 0 Å². The number of carbonyl (C=O) groups excluding carboxylic acids is 1. The van der Waals surface area contributed by atoms with Crippen LogP contribution in [0.5, 0.6) is 0 Å². The van der Waals surface area contributed by atoms with E-state index >= 15 is 0 Å². The maximum absolute atomic E-state index is 12.8. The van der Waals surface area contributed by atoms with Crippen molar-refractivity contribution >= 4 is 15.7 Å². The molecule has 18 heavy (non-hydrogen) atoms. The summed E-state index contributed by atoms with van der Waals surface area (Å²) in [6, 6.07) is 2.81. The first-order valence-corrected chi connectivity index (χ1v) is 7.26. The summed E-state index contributed by atoms with van der Waals surface area (Å²) in [7, 11) is -3.06. The standard InChI is InChI=1S/C11H13F2NO3S/c1-18(16,17)6-2-5-14-11(15)8-3-4-9(12)10(13)7-8/h3-4,7H,2,5-6H2,1H3,(H,14,15). The quantitative estimate of drug-likeness (QED) is 0.821. The molecule has 0 aliphatic rings. The molecule has 1 N–H and O–H groups in total. The highest BCUT2D eigenvalue weighted by molar-refractivity contribution is 7.90. The molecule has 0 radical (unpaired) electrons. The van der Waals surface area contributed by atoms with Crippen LogP contribution in [-0.4, -0.2) is 32.9 Å². The molecule has 0 aliphatic heterocycles. The van der Waals surface area contributed by atoms with Crippen LogP contribution in [-0.2, 0) is 9.84 Å². The molecule has 0 aliphatic carbocycles. The lowest BCUT2D eigenvalue weighted by molar-refractivity contribution is 0.0953. The maximum Gasteiger partial charge on any atom is 0.251 e. The third-order valence-corrected chi connectivity index (χ3v) is 3.19. The highest BCUT2D eigenvalue weighted by Crippen LogP contribution is 2.08. The van der Waals surface area contributed by atoms with Crippen LogP contribution in [0.25, 0.3) is 0 Å². The van der Waals surface area contributed by atoms with E-state index in [1.54, 1.807) is 0 Å². The fraction of sp³-hybridized carbons (Fsp3) is 0.364. The Morgan fingerprint density at radius 2 is 1.94 bits per heavy atom. The van der Waals surface area contributed by atoms with Gasteiger partial charge in [-0.15, -0.1) is 0 Å². The Labute approximate surface area is 104 Å². The minimum atomic E-state index is -3.06. The molecule has 1 aromatic rings. The first-order valence-electron chi connectivity index (χ1n) is 5.20. The van der Waals surface area contributed by atoms with Crippen molar-refractivity contribution < 1.29 is 22.0 Å².